The molecule has 3 rings (SSSR count). The molecule has 1 atom stereocenters. The average Bonchev–Trinajstić information content (AvgIpc) is 3.16. The number of halogens is 1. The summed E-state index contributed by atoms with van der Waals surface area (Å²) in [6, 6.07) is 8.15. The zero-order valence-corrected chi connectivity index (χ0v) is 16.1. The molecule has 1 aromatic carbocycles. The molecule has 0 fully saturated rings. The number of benzene rings is 1. The van der Waals surface area contributed by atoms with Crippen LogP contribution < -0.4 is 15.4 Å². The molecule has 0 radical (unpaired) electrons. The van der Waals surface area contributed by atoms with E-state index in [1.54, 1.807) is 14.0 Å². The number of aliphatic imine (C=N–C) groups is 1. The SMILES string of the molecule is CN=C(NCCc1nc(C)no1)NCC1Cc2ccccc2O1.I. The van der Waals surface area contributed by atoms with Crippen molar-refractivity contribution in [2.45, 2.75) is 25.9 Å². The van der Waals surface area contributed by atoms with Crippen LogP contribution in [0.4, 0.5) is 0 Å². The Morgan fingerprint density at radius 3 is 2.88 bits per heavy atom. The van der Waals surface area contributed by atoms with Crippen LogP contribution in [0.15, 0.2) is 33.8 Å². The minimum Gasteiger partial charge on any atom is -0.488 e. The normalized spacial score (nSPS) is 16.1. The van der Waals surface area contributed by atoms with Crippen molar-refractivity contribution >= 4 is 29.9 Å². The predicted molar refractivity (Wildman–Crippen MR) is 102 cm³/mol. The molecule has 130 valence electrons. The number of fused-ring (bicyclic) bond motifs is 1. The number of nitrogens with one attached hydrogen (secondary N) is 2. The van der Waals surface area contributed by atoms with E-state index in [0.29, 0.717) is 31.2 Å². The lowest BCUT2D eigenvalue weighted by Crippen LogP contribution is -2.42. The van der Waals surface area contributed by atoms with Crippen molar-refractivity contribution in [3.63, 3.8) is 0 Å². The van der Waals surface area contributed by atoms with Crippen LogP contribution in [0.3, 0.4) is 0 Å². The fourth-order valence-corrected chi connectivity index (χ4v) is 2.53. The summed E-state index contributed by atoms with van der Waals surface area (Å²) in [5.74, 6) is 3.00. The minimum absolute atomic E-state index is 0. The molecule has 2 N–H and O–H groups in total. The molecule has 8 heteroatoms. The lowest BCUT2D eigenvalue weighted by molar-refractivity contribution is 0.235. The van der Waals surface area contributed by atoms with Crippen molar-refractivity contribution in [3.05, 3.63) is 41.5 Å². The number of aromatic nitrogens is 2. The summed E-state index contributed by atoms with van der Waals surface area (Å²) in [5.41, 5.74) is 1.26. The van der Waals surface area contributed by atoms with Gasteiger partial charge < -0.3 is 19.9 Å². The van der Waals surface area contributed by atoms with Crippen LogP contribution >= 0.6 is 24.0 Å². The van der Waals surface area contributed by atoms with E-state index in [1.165, 1.54) is 5.56 Å². The van der Waals surface area contributed by atoms with Crippen LogP contribution in [0.5, 0.6) is 5.75 Å². The van der Waals surface area contributed by atoms with Gasteiger partial charge in [-0.05, 0) is 18.6 Å². The van der Waals surface area contributed by atoms with Gasteiger partial charge in [-0.25, -0.2) is 0 Å². The van der Waals surface area contributed by atoms with Crippen LogP contribution in [0.25, 0.3) is 0 Å². The van der Waals surface area contributed by atoms with E-state index in [0.717, 1.165) is 18.1 Å². The smallest absolute Gasteiger partial charge is 0.228 e. The van der Waals surface area contributed by atoms with Gasteiger partial charge in [-0.2, -0.15) is 4.98 Å². The highest BCUT2D eigenvalue weighted by Gasteiger charge is 2.22. The second kappa shape index (κ2) is 8.86. The first kappa shape index (κ1) is 18.5. The van der Waals surface area contributed by atoms with Crippen molar-refractivity contribution in [2.75, 3.05) is 20.1 Å². The number of rotatable bonds is 5. The Morgan fingerprint density at radius 2 is 2.17 bits per heavy atom. The molecule has 24 heavy (non-hydrogen) atoms. The zero-order chi connectivity index (χ0) is 16.1. The average molecular weight is 443 g/mol. The van der Waals surface area contributed by atoms with Crippen LogP contribution in [-0.4, -0.2) is 42.3 Å². The number of para-hydroxylation sites is 1. The summed E-state index contributed by atoms with van der Waals surface area (Å²) < 4.78 is 11.0. The molecule has 1 unspecified atom stereocenters. The van der Waals surface area contributed by atoms with E-state index < -0.39 is 0 Å². The molecule has 2 heterocycles. The molecule has 0 spiro atoms. The second-order valence-electron chi connectivity index (χ2n) is 5.42. The van der Waals surface area contributed by atoms with Crippen molar-refractivity contribution in [1.29, 1.82) is 0 Å². The lowest BCUT2D eigenvalue weighted by atomic mass is 10.1. The van der Waals surface area contributed by atoms with Crippen molar-refractivity contribution in [2.24, 2.45) is 4.99 Å². The van der Waals surface area contributed by atoms with E-state index in [1.807, 2.05) is 18.2 Å². The second-order valence-corrected chi connectivity index (χ2v) is 5.42. The Morgan fingerprint density at radius 1 is 1.33 bits per heavy atom. The van der Waals surface area contributed by atoms with Crippen molar-refractivity contribution < 1.29 is 9.26 Å². The Kier molecular flexibility index (Phi) is 6.83. The van der Waals surface area contributed by atoms with Gasteiger partial charge in [-0.15, -0.1) is 24.0 Å². The number of ether oxygens (including phenoxy) is 1. The number of aryl methyl sites for hydroxylation is 1. The minimum atomic E-state index is 0. The van der Waals surface area contributed by atoms with Crippen LogP contribution in [0.2, 0.25) is 0 Å². The topological polar surface area (TPSA) is 84.6 Å². The van der Waals surface area contributed by atoms with Gasteiger partial charge >= 0.3 is 0 Å². The van der Waals surface area contributed by atoms with E-state index in [2.05, 4.69) is 31.8 Å². The fourth-order valence-electron chi connectivity index (χ4n) is 2.53. The monoisotopic (exact) mass is 443 g/mol. The summed E-state index contributed by atoms with van der Waals surface area (Å²) >= 11 is 0. The maximum Gasteiger partial charge on any atom is 0.228 e. The van der Waals surface area contributed by atoms with Gasteiger partial charge in [0, 0.05) is 26.4 Å². The Labute approximate surface area is 158 Å². The van der Waals surface area contributed by atoms with Crippen molar-refractivity contribution in [3.8, 4) is 5.75 Å². The summed E-state index contributed by atoms with van der Waals surface area (Å²) in [4.78, 5) is 8.37. The summed E-state index contributed by atoms with van der Waals surface area (Å²) in [6.07, 6.45) is 1.71. The van der Waals surface area contributed by atoms with Crippen LogP contribution in [-0.2, 0) is 12.8 Å². The number of nitrogens with zero attached hydrogens (tertiary/aromatic N) is 3. The molecule has 0 aliphatic carbocycles. The number of hydrogen-bond donors (Lipinski definition) is 2. The molecule has 1 aromatic heterocycles. The molecular formula is C16H22IN5O2. The van der Waals surface area contributed by atoms with Gasteiger partial charge in [0.1, 0.15) is 11.9 Å². The highest BCUT2D eigenvalue weighted by atomic mass is 127. The molecule has 7 nitrogen and oxygen atoms in total. The molecule has 0 saturated carbocycles. The van der Waals surface area contributed by atoms with Gasteiger partial charge in [0.15, 0.2) is 11.8 Å². The van der Waals surface area contributed by atoms with Gasteiger partial charge in [0.25, 0.3) is 0 Å². The number of guanidine groups is 1. The fraction of sp³-hybridized carbons (Fsp3) is 0.438. The third-order valence-corrected chi connectivity index (χ3v) is 3.64. The molecule has 1 aliphatic rings. The zero-order valence-electron chi connectivity index (χ0n) is 13.8. The standard InChI is InChI=1S/C16H21N5O2.HI/c1-11-20-15(23-21-11)7-8-18-16(17-2)19-10-13-9-12-5-3-4-6-14(12)22-13;/h3-6,13H,7-10H2,1-2H3,(H2,17,18,19);1H. The summed E-state index contributed by atoms with van der Waals surface area (Å²) in [7, 11) is 1.75. The third-order valence-electron chi connectivity index (χ3n) is 3.64. The maximum atomic E-state index is 5.90. The van der Waals surface area contributed by atoms with E-state index >= 15 is 0 Å². The molecule has 0 saturated heterocycles. The summed E-state index contributed by atoms with van der Waals surface area (Å²) in [6.45, 7) is 3.18. The van der Waals surface area contributed by atoms with Gasteiger partial charge in [-0.3, -0.25) is 4.99 Å². The summed E-state index contributed by atoms with van der Waals surface area (Å²) in [5, 5.41) is 10.3. The Hall–Kier alpha value is -1.84. The van der Waals surface area contributed by atoms with Gasteiger partial charge in [0.05, 0.1) is 6.54 Å². The van der Waals surface area contributed by atoms with E-state index in [-0.39, 0.29) is 30.1 Å². The molecule has 2 aromatic rings. The van der Waals surface area contributed by atoms with Crippen molar-refractivity contribution in [1.82, 2.24) is 20.8 Å². The van der Waals surface area contributed by atoms with Crippen LogP contribution in [0, 0.1) is 6.92 Å². The molecular weight excluding hydrogens is 421 g/mol. The highest BCUT2D eigenvalue weighted by Crippen LogP contribution is 2.27. The largest absolute Gasteiger partial charge is 0.488 e. The number of hydrogen-bond acceptors (Lipinski definition) is 5. The Balaban J connectivity index is 0.00000208. The Bertz CT molecular complexity index is 664. The first-order valence-corrected chi connectivity index (χ1v) is 7.73. The first-order valence-electron chi connectivity index (χ1n) is 7.73. The van der Waals surface area contributed by atoms with Crippen LogP contribution in [0.1, 0.15) is 17.3 Å². The first-order chi connectivity index (χ1) is 11.2. The third kappa shape index (κ3) is 4.83. The highest BCUT2D eigenvalue weighted by molar-refractivity contribution is 14.0. The molecule has 0 amide bonds. The molecule has 1 aliphatic heterocycles. The van der Waals surface area contributed by atoms with Gasteiger partial charge in [0.2, 0.25) is 5.89 Å². The quantitative estimate of drug-likeness (QED) is 0.416. The van der Waals surface area contributed by atoms with E-state index in [9.17, 15) is 0 Å². The lowest BCUT2D eigenvalue weighted by Gasteiger charge is -2.15. The van der Waals surface area contributed by atoms with E-state index in [4.69, 9.17) is 9.26 Å². The predicted octanol–water partition coefficient (Wildman–Crippen LogP) is 1.71. The molecule has 0 bridgehead atoms. The maximum absolute atomic E-state index is 5.90. The van der Waals surface area contributed by atoms with Gasteiger partial charge in [-0.1, -0.05) is 23.4 Å².